The molecule has 2 unspecified atom stereocenters. The predicted molar refractivity (Wildman–Crippen MR) is 67.4 cm³/mol. The van der Waals surface area contributed by atoms with Gasteiger partial charge in [0.15, 0.2) is 12.0 Å². The molecule has 0 bridgehead atoms. The number of fused-ring (bicyclic) bond motifs is 1. The van der Waals surface area contributed by atoms with Crippen molar-refractivity contribution in [2.45, 2.75) is 18.9 Å². The van der Waals surface area contributed by atoms with E-state index in [1.54, 1.807) is 12.1 Å². The van der Waals surface area contributed by atoms with E-state index in [4.69, 9.17) is 9.47 Å². The number of pyridine rings is 1. The molecule has 19 heavy (non-hydrogen) atoms. The third kappa shape index (κ3) is 2.30. The van der Waals surface area contributed by atoms with Crippen molar-refractivity contribution in [2.75, 3.05) is 13.7 Å². The van der Waals surface area contributed by atoms with Crippen LogP contribution >= 0.6 is 0 Å². The molecular weight excluding hydrogens is 246 g/mol. The highest BCUT2D eigenvalue weighted by atomic mass is 16.5. The summed E-state index contributed by atoms with van der Waals surface area (Å²) in [6, 6.07) is 3.32. The number of nitrogens with zero attached hydrogens (tertiary/aromatic N) is 1. The maximum absolute atomic E-state index is 10.6. The van der Waals surface area contributed by atoms with Crippen LogP contribution in [0.4, 0.5) is 0 Å². The third-order valence-electron chi connectivity index (χ3n) is 4.19. The van der Waals surface area contributed by atoms with Gasteiger partial charge in [0, 0.05) is 0 Å². The second-order valence-corrected chi connectivity index (χ2v) is 5.29. The Bertz CT molecular complexity index is 478. The molecule has 1 N–H and O–H groups in total. The summed E-state index contributed by atoms with van der Waals surface area (Å²) >= 11 is 0. The number of hydrogen-bond donors (Lipinski definition) is 1. The average molecular weight is 263 g/mol. The number of aldehydes is 1. The number of rotatable bonds is 5. The summed E-state index contributed by atoms with van der Waals surface area (Å²) in [5.41, 5.74) is 0.329. The molecule has 2 atom stereocenters. The lowest BCUT2D eigenvalue weighted by molar-refractivity contribution is 0.111. The minimum Gasteiger partial charge on any atom is -0.488 e. The van der Waals surface area contributed by atoms with Crippen molar-refractivity contribution in [3.8, 4) is 11.6 Å². The molecule has 0 saturated heterocycles. The summed E-state index contributed by atoms with van der Waals surface area (Å²) in [5, 5.41) is 9.47. The fraction of sp³-hybridized carbons (Fsp3) is 0.571. The van der Waals surface area contributed by atoms with Crippen molar-refractivity contribution < 1.29 is 19.4 Å². The Morgan fingerprint density at radius 3 is 2.79 bits per heavy atom. The van der Waals surface area contributed by atoms with Gasteiger partial charge >= 0.3 is 0 Å². The van der Waals surface area contributed by atoms with Crippen molar-refractivity contribution in [1.82, 2.24) is 4.98 Å². The van der Waals surface area contributed by atoms with Crippen molar-refractivity contribution >= 4 is 6.29 Å². The van der Waals surface area contributed by atoms with Gasteiger partial charge in [-0.2, -0.15) is 0 Å². The highest BCUT2D eigenvalue weighted by molar-refractivity contribution is 5.72. The molecule has 0 aromatic carbocycles. The minimum atomic E-state index is -0.116. The van der Waals surface area contributed by atoms with E-state index >= 15 is 0 Å². The molecule has 1 aromatic rings. The number of hydrogen-bond acceptors (Lipinski definition) is 5. The van der Waals surface area contributed by atoms with Crippen LogP contribution in [0.25, 0.3) is 0 Å². The highest BCUT2D eigenvalue weighted by Gasteiger charge is 2.55. The first-order chi connectivity index (χ1) is 9.22. The van der Waals surface area contributed by atoms with E-state index < -0.39 is 0 Å². The van der Waals surface area contributed by atoms with Gasteiger partial charge in [-0.3, -0.25) is 4.79 Å². The van der Waals surface area contributed by atoms with Crippen molar-refractivity contribution in [3.05, 3.63) is 17.8 Å². The van der Waals surface area contributed by atoms with Crippen LogP contribution in [0, 0.1) is 17.8 Å². The fourth-order valence-electron chi connectivity index (χ4n) is 3.14. The fourth-order valence-corrected chi connectivity index (χ4v) is 3.14. The van der Waals surface area contributed by atoms with Crippen molar-refractivity contribution in [3.63, 3.8) is 0 Å². The van der Waals surface area contributed by atoms with Gasteiger partial charge in [0.1, 0.15) is 5.69 Å². The molecule has 3 rings (SSSR count). The summed E-state index contributed by atoms with van der Waals surface area (Å²) < 4.78 is 10.9. The summed E-state index contributed by atoms with van der Waals surface area (Å²) in [6.07, 6.45) is 2.37. The van der Waals surface area contributed by atoms with Crippen LogP contribution in [-0.4, -0.2) is 36.2 Å². The van der Waals surface area contributed by atoms with Crippen LogP contribution < -0.4 is 9.47 Å². The topological polar surface area (TPSA) is 68.7 Å². The Morgan fingerprint density at radius 1 is 1.42 bits per heavy atom. The molecule has 102 valence electrons. The molecule has 5 nitrogen and oxygen atoms in total. The second kappa shape index (κ2) is 4.81. The van der Waals surface area contributed by atoms with E-state index in [1.807, 2.05) is 0 Å². The number of ether oxygens (including phenoxy) is 2. The molecular formula is C14H17NO4. The first-order valence-corrected chi connectivity index (χ1v) is 6.54. The molecule has 5 heteroatoms. The van der Waals surface area contributed by atoms with E-state index in [0.29, 0.717) is 48.0 Å². The normalized spacial score (nSPS) is 31.7. The zero-order chi connectivity index (χ0) is 13.4. The van der Waals surface area contributed by atoms with Gasteiger partial charge in [0.05, 0.1) is 19.8 Å². The van der Waals surface area contributed by atoms with E-state index in [2.05, 4.69) is 4.98 Å². The first kappa shape index (κ1) is 12.4. The third-order valence-corrected chi connectivity index (χ3v) is 4.19. The molecule has 0 radical (unpaired) electrons. The number of methoxy groups -OCH3 is 1. The second-order valence-electron chi connectivity index (χ2n) is 5.29. The van der Waals surface area contributed by atoms with Gasteiger partial charge in [0.25, 0.3) is 5.88 Å². The van der Waals surface area contributed by atoms with E-state index in [0.717, 1.165) is 12.8 Å². The average Bonchev–Trinajstić information content (AvgIpc) is 2.89. The maximum atomic E-state index is 10.6. The lowest BCUT2D eigenvalue weighted by Gasteiger charge is -2.12. The van der Waals surface area contributed by atoms with Crippen LogP contribution in [-0.2, 0) is 0 Å². The molecule has 2 aliphatic carbocycles. The summed E-state index contributed by atoms with van der Waals surface area (Å²) in [6.45, 7) is 0.626. The number of carbonyl (C=O) groups is 1. The zero-order valence-electron chi connectivity index (χ0n) is 10.8. The molecule has 0 spiro atoms. The van der Waals surface area contributed by atoms with Gasteiger partial charge in [-0.1, -0.05) is 0 Å². The number of carbonyl (C=O) groups excluding carboxylic acids is 1. The summed E-state index contributed by atoms with van der Waals surface area (Å²) in [5.74, 6) is 2.68. The van der Waals surface area contributed by atoms with Crippen LogP contribution in [0.3, 0.4) is 0 Å². The molecule has 2 aliphatic rings. The van der Waals surface area contributed by atoms with Gasteiger partial charge in [-0.25, -0.2) is 4.98 Å². The monoisotopic (exact) mass is 263 g/mol. The van der Waals surface area contributed by atoms with Gasteiger partial charge < -0.3 is 14.6 Å². The standard InChI is InChI=1S/C14H17NO4/c1-18-14-13(3-2-8(6-16)15-14)19-7-12-10-4-9(17)5-11(10)12/h2-3,6,9-12,17H,4-5,7H2,1H3. The number of aliphatic hydroxyl groups is 1. The quantitative estimate of drug-likeness (QED) is 0.811. The minimum absolute atomic E-state index is 0.116. The smallest absolute Gasteiger partial charge is 0.257 e. The van der Waals surface area contributed by atoms with Crippen molar-refractivity contribution in [1.29, 1.82) is 0 Å². The largest absolute Gasteiger partial charge is 0.488 e. The SMILES string of the molecule is COc1nc(C=O)ccc1OCC1C2CC(O)CC12. The summed E-state index contributed by atoms with van der Waals surface area (Å²) in [7, 11) is 1.51. The Morgan fingerprint density at radius 2 is 2.16 bits per heavy atom. The maximum Gasteiger partial charge on any atom is 0.257 e. The first-order valence-electron chi connectivity index (χ1n) is 6.54. The lowest BCUT2D eigenvalue weighted by Crippen LogP contribution is -2.11. The Balaban J connectivity index is 1.60. The van der Waals surface area contributed by atoms with E-state index in [1.165, 1.54) is 7.11 Å². The highest BCUT2D eigenvalue weighted by Crippen LogP contribution is 2.57. The lowest BCUT2D eigenvalue weighted by atomic mass is 10.1. The van der Waals surface area contributed by atoms with Crippen LogP contribution in [0.5, 0.6) is 11.6 Å². The Kier molecular flexibility index (Phi) is 3.14. The molecule has 0 amide bonds. The molecule has 1 aromatic heterocycles. The summed E-state index contributed by atoms with van der Waals surface area (Å²) in [4.78, 5) is 14.7. The van der Waals surface area contributed by atoms with Gasteiger partial charge in [0.2, 0.25) is 0 Å². The Hall–Kier alpha value is -1.62. The molecule has 2 saturated carbocycles. The zero-order valence-corrected chi connectivity index (χ0v) is 10.8. The van der Waals surface area contributed by atoms with Crippen LogP contribution in [0.1, 0.15) is 23.3 Å². The van der Waals surface area contributed by atoms with Gasteiger partial charge in [-0.05, 0) is 42.7 Å². The van der Waals surface area contributed by atoms with Gasteiger partial charge in [-0.15, -0.1) is 0 Å². The van der Waals surface area contributed by atoms with Crippen molar-refractivity contribution in [2.24, 2.45) is 17.8 Å². The van der Waals surface area contributed by atoms with E-state index in [9.17, 15) is 9.90 Å². The van der Waals surface area contributed by atoms with E-state index in [-0.39, 0.29) is 6.10 Å². The Labute approximate surface area is 111 Å². The van der Waals surface area contributed by atoms with Crippen LogP contribution in [0.15, 0.2) is 12.1 Å². The van der Waals surface area contributed by atoms with Crippen LogP contribution in [0.2, 0.25) is 0 Å². The molecule has 2 fully saturated rings. The molecule has 1 heterocycles. The predicted octanol–water partition coefficient (Wildman–Crippen LogP) is 1.30. The molecule has 0 aliphatic heterocycles. The number of aromatic nitrogens is 1. The number of aliphatic hydroxyl groups excluding tert-OH is 1.